The Hall–Kier alpha value is -7.31. The molecule has 0 spiro atoms. The number of amides is 1. The number of aromatic hydroxyl groups is 1. The van der Waals surface area contributed by atoms with Gasteiger partial charge in [0, 0.05) is 102 Å². The molecule has 676 valence electrons. The zero-order valence-corrected chi connectivity index (χ0v) is 72.9. The molecule has 2 bridgehead atoms. The number of piperidine rings is 1. The summed E-state index contributed by atoms with van der Waals surface area (Å²) < 4.78 is 83.0. The average molecular weight is 1700 g/mol. The van der Waals surface area contributed by atoms with Gasteiger partial charge >= 0.3 is 11.9 Å². The summed E-state index contributed by atoms with van der Waals surface area (Å²) in [5, 5.41) is 52.2. The lowest BCUT2D eigenvalue weighted by molar-refractivity contribution is -0.265. The molecule has 4 aliphatic rings. The number of hydrogen-bond donors (Lipinski definition) is 6. The molecule has 3 aromatic heterocycles. The largest absolute Gasteiger partial charge is 0.508 e. The highest BCUT2D eigenvalue weighted by Gasteiger charge is 2.53. The summed E-state index contributed by atoms with van der Waals surface area (Å²) in [7, 11) is 4.54. The first-order valence-electron chi connectivity index (χ1n) is 43.6. The highest BCUT2D eigenvalue weighted by molar-refractivity contribution is 6.39. The van der Waals surface area contributed by atoms with Gasteiger partial charge in [-0.3, -0.25) is 24.0 Å². The van der Waals surface area contributed by atoms with Gasteiger partial charge in [0.2, 0.25) is 5.79 Å². The number of rotatable bonds is 42. The van der Waals surface area contributed by atoms with E-state index >= 15 is 0 Å². The number of nitrogen functional groups attached to an aromatic ring is 1. The molecular formula is C90H137N7O24. The fraction of sp³-hybridized carbons (Fsp3) is 0.700. The number of allylic oxidation sites excluding steroid dienone is 5. The number of methoxy groups -OCH3 is 3. The van der Waals surface area contributed by atoms with E-state index in [1.54, 1.807) is 53.2 Å². The minimum Gasteiger partial charge on any atom is -0.508 e. The first-order valence-corrected chi connectivity index (χ1v) is 43.6. The number of nitrogens with one attached hydrogen (secondary N) is 1. The Morgan fingerprint density at radius 2 is 1.35 bits per heavy atom. The van der Waals surface area contributed by atoms with Crippen molar-refractivity contribution in [3.05, 3.63) is 78.2 Å². The minimum atomic E-state index is -2.47. The lowest BCUT2D eigenvalue weighted by Crippen LogP contribution is -2.61. The average Bonchev–Trinajstić information content (AvgIpc) is 1.69. The summed E-state index contributed by atoms with van der Waals surface area (Å²) in [5.41, 5.74) is 10.5. The van der Waals surface area contributed by atoms with Crippen molar-refractivity contribution < 1.29 is 116 Å². The van der Waals surface area contributed by atoms with Crippen molar-refractivity contribution in [1.29, 1.82) is 0 Å². The van der Waals surface area contributed by atoms with Crippen LogP contribution in [0.3, 0.4) is 0 Å². The maximum absolute atomic E-state index is 14.8. The van der Waals surface area contributed by atoms with Crippen molar-refractivity contribution in [2.75, 3.05) is 139 Å². The van der Waals surface area contributed by atoms with Gasteiger partial charge in [-0.1, -0.05) is 77.5 Å². The number of carbonyl (C=O) groups excluding carboxylic acids is 6. The van der Waals surface area contributed by atoms with Crippen LogP contribution in [0.4, 0.5) is 5.82 Å². The molecule has 1 aromatic carbocycles. The van der Waals surface area contributed by atoms with Gasteiger partial charge < -0.3 is 102 Å². The Balaban J connectivity index is 0.653. The third kappa shape index (κ3) is 31.4. The van der Waals surface area contributed by atoms with Crippen LogP contribution in [0.5, 0.6) is 5.75 Å². The molecule has 0 unspecified atom stereocenters. The number of H-pyrrole nitrogens is 1. The number of benzene rings is 1. The summed E-state index contributed by atoms with van der Waals surface area (Å²) >= 11 is 0. The molecule has 3 aliphatic heterocycles. The van der Waals surface area contributed by atoms with Crippen molar-refractivity contribution >= 4 is 62.9 Å². The second kappa shape index (κ2) is 52.5. The monoisotopic (exact) mass is 1700 g/mol. The van der Waals surface area contributed by atoms with E-state index in [4.69, 9.17) is 77.1 Å². The van der Waals surface area contributed by atoms with Crippen LogP contribution in [-0.4, -0.2) is 279 Å². The maximum atomic E-state index is 14.8. The molecule has 31 heteroatoms. The summed E-state index contributed by atoms with van der Waals surface area (Å²) in [6.07, 6.45) is 15.1. The summed E-state index contributed by atoms with van der Waals surface area (Å²) in [5.74, 6) is -7.54. The van der Waals surface area contributed by atoms with E-state index in [0.29, 0.717) is 224 Å². The van der Waals surface area contributed by atoms with Crippen molar-refractivity contribution in [2.24, 2.45) is 35.5 Å². The topological polar surface area (TPSA) is 401 Å². The van der Waals surface area contributed by atoms with Gasteiger partial charge in [0.15, 0.2) is 11.4 Å². The van der Waals surface area contributed by atoms with E-state index in [0.717, 1.165) is 41.4 Å². The number of ketones is 3. The molecule has 3 fully saturated rings. The van der Waals surface area contributed by atoms with Gasteiger partial charge in [-0.25, -0.2) is 19.4 Å². The number of ether oxygens (including phenoxy) is 14. The quantitative estimate of drug-likeness (QED) is 0.0104. The van der Waals surface area contributed by atoms with Crippen molar-refractivity contribution in [2.45, 2.75) is 238 Å². The molecule has 121 heavy (non-hydrogen) atoms. The van der Waals surface area contributed by atoms with Gasteiger partial charge in [0.1, 0.15) is 59.8 Å². The fourth-order valence-electron chi connectivity index (χ4n) is 16.3. The van der Waals surface area contributed by atoms with Gasteiger partial charge in [-0.2, -0.15) is 5.10 Å². The molecule has 31 nitrogen and oxygen atoms in total. The lowest BCUT2D eigenvalue weighted by atomic mass is 9.78. The molecule has 6 heterocycles. The second-order valence-electron chi connectivity index (χ2n) is 32.8. The molecule has 4 aromatic rings. The second-order valence-corrected chi connectivity index (χ2v) is 32.8. The Bertz CT molecular complexity index is 3960. The number of carbonyl (C=O) groups is 6. The number of unbranched alkanes of at least 4 members (excludes halogenated alkanes) is 2. The number of hydrogen-bond acceptors (Lipinski definition) is 28. The number of cyclic esters (lactones) is 1. The molecule has 16 atom stereocenters. The first-order chi connectivity index (χ1) is 58.3. The number of aliphatic hydroxyl groups is 3. The van der Waals surface area contributed by atoms with Gasteiger partial charge in [0.25, 0.3) is 11.7 Å². The number of anilines is 1. The Morgan fingerprint density at radius 1 is 0.686 bits per heavy atom. The standard InChI is InChI=1S/C90H137N7O24/c1-59-20-13-11-14-21-60(2)76(108-8)56-70-28-25-65(7)90(107,121-70)85(104)88(105)96-32-18-16-23-73(96)89(106)120-77(57-74(100)61(3)51-64(6)83(103)84(110-10)82(102)63(5)50-59)62(4)52-66-26-30-75(78(53-66)109-9)119-79(101)24-19-34-111-36-38-113-40-42-115-44-46-117-48-49-118-47-45-116-43-41-114-39-37-112-35-31-68(98)22-15-12-17-33-97-87-80(86(91)92-58-93-87)81(95-97)72-55-67-54-69(99)27-29-71(67)94-72/h11,13-14,20-21,27,29,51,54-55,58-59,61-63,65-66,70,73-78,83-84,94,99-100,103,107H,12,15-19,22-26,28,30-50,52-53,56-57H2,1-10H3,(H2,91,92,93)/b14-11+,20-13+,60-21+,64-51+/t59-,61-,62-,63-,65-,66+,70+,73+,74-,75-,76+,77+,78-,83-,84+,90-/m1/s1. The molecule has 1 aliphatic carbocycles. The van der Waals surface area contributed by atoms with E-state index in [2.05, 4.69) is 15.0 Å². The molecule has 8 rings (SSSR count). The summed E-state index contributed by atoms with van der Waals surface area (Å²) in [6, 6.07) is 5.86. The smallest absolute Gasteiger partial charge is 0.329 e. The van der Waals surface area contributed by atoms with Crippen LogP contribution in [0.15, 0.2) is 78.2 Å². The van der Waals surface area contributed by atoms with E-state index in [1.807, 2.05) is 74.9 Å². The van der Waals surface area contributed by atoms with Gasteiger partial charge in [-0.15, -0.1) is 0 Å². The van der Waals surface area contributed by atoms with E-state index in [-0.39, 0.29) is 66.8 Å². The highest BCUT2D eigenvalue weighted by atomic mass is 16.6. The predicted octanol–water partition coefficient (Wildman–Crippen LogP) is 10.2. The number of aromatic nitrogens is 5. The summed E-state index contributed by atoms with van der Waals surface area (Å²) in [6.45, 7) is 19.7. The number of nitrogens with zero attached hydrogens (tertiary/aromatic N) is 5. The van der Waals surface area contributed by atoms with Crippen LogP contribution >= 0.6 is 0 Å². The van der Waals surface area contributed by atoms with Crippen LogP contribution in [0.1, 0.15) is 170 Å². The maximum Gasteiger partial charge on any atom is 0.329 e. The van der Waals surface area contributed by atoms with Gasteiger partial charge in [-0.05, 0) is 150 Å². The number of phenols is 1. The minimum absolute atomic E-state index is 0.00447. The molecular weight excluding hydrogens is 1560 g/mol. The lowest BCUT2D eigenvalue weighted by Gasteiger charge is -2.43. The number of aryl methyl sites for hydroxylation is 1. The molecule has 2 saturated heterocycles. The number of nitrogens with two attached hydrogens (primary N) is 1. The fourth-order valence-corrected chi connectivity index (χ4v) is 16.3. The van der Waals surface area contributed by atoms with Crippen LogP contribution in [0.25, 0.3) is 33.3 Å². The first kappa shape index (κ1) is 99.1. The highest BCUT2D eigenvalue weighted by Crippen LogP contribution is 2.40. The van der Waals surface area contributed by atoms with E-state index in [1.165, 1.54) is 18.3 Å². The summed E-state index contributed by atoms with van der Waals surface area (Å²) in [4.78, 5) is 96.7. The van der Waals surface area contributed by atoms with E-state index < -0.39 is 96.1 Å². The van der Waals surface area contributed by atoms with Gasteiger partial charge in [0.05, 0.1) is 135 Å². The van der Waals surface area contributed by atoms with Crippen molar-refractivity contribution in [3.8, 4) is 17.1 Å². The SMILES string of the molecule is CO[C@H]1C[C@@H]2CC[C@@H](C)[C@@](O)(O2)C(=O)C(=O)N2CCCC[C@H]2C(=O)O[C@H]([C@H](C)C[C@@H]2CC[C@@H](OC(=O)CCCOCCOCCOCCOCCOCCOCCOCCOCCC(=O)CCCCCn3nc(-c4cc5cc(O)ccc5[nH]4)c4c(N)ncnc43)[C@H](OC)C2)C[C@@H](O)[C@H](C)/C=C(\C)[C@@H](O)[C@@H](OC)C(=O)[C@H](C)C[C@H](C)/C=C/C=C/C=C/1C. The number of Topliss-reactive ketones (excluding diaryl/α,β-unsaturated/α-hetero) is 3. The van der Waals surface area contributed by atoms with Crippen LogP contribution in [-0.2, 0) is 102 Å². The number of phenolic OH excluding ortho intramolecular Hbond substituents is 1. The molecule has 7 N–H and O–H groups in total. The van der Waals surface area contributed by atoms with E-state index in [9.17, 15) is 49.2 Å². The number of fused-ring (bicyclic) bond motifs is 5. The predicted molar refractivity (Wildman–Crippen MR) is 453 cm³/mol. The van der Waals surface area contributed by atoms with Crippen LogP contribution in [0.2, 0.25) is 0 Å². The zero-order valence-electron chi connectivity index (χ0n) is 72.9. The van der Waals surface area contributed by atoms with Crippen molar-refractivity contribution in [1.82, 2.24) is 29.6 Å². The number of aliphatic hydroxyl groups excluding tert-OH is 2. The molecule has 1 amide bonds. The third-order valence-corrected chi connectivity index (χ3v) is 23.5. The normalized spacial score (nSPS) is 27.8. The van der Waals surface area contributed by atoms with Crippen LogP contribution in [0, 0.1) is 35.5 Å². The zero-order chi connectivity index (χ0) is 87.2. The molecule has 0 radical (unpaired) electrons. The number of aromatic amines is 1. The number of esters is 2. The van der Waals surface area contributed by atoms with Crippen LogP contribution < -0.4 is 5.73 Å². The third-order valence-electron chi connectivity index (χ3n) is 23.5. The Morgan fingerprint density at radius 3 is 2.00 bits per heavy atom. The van der Waals surface area contributed by atoms with Crippen molar-refractivity contribution in [3.63, 3.8) is 0 Å². The Labute approximate surface area is 712 Å². The Kier molecular flexibility index (Phi) is 43.0. The molecule has 1 saturated carbocycles.